The fraction of sp³-hybridized carbons (Fsp3) is 0.304. The molecule has 0 saturated heterocycles. The van der Waals surface area contributed by atoms with Gasteiger partial charge in [0.1, 0.15) is 5.75 Å². The second kappa shape index (κ2) is 11.5. The minimum atomic E-state index is -1.16. The Bertz CT molecular complexity index is 982. The lowest BCUT2D eigenvalue weighted by Crippen LogP contribution is -2.34. The number of nitrogens with zero attached hydrogens (tertiary/aromatic N) is 1. The maximum atomic E-state index is 12.7. The van der Waals surface area contributed by atoms with Crippen molar-refractivity contribution in [3.8, 4) is 5.75 Å². The number of esters is 1. The molecule has 1 amide bonds. The molecule has 2 rings (SSSR count). The highest BCUT2D eigenvalue weighted by molar-refractivity contribution is 5.94. The fourth-order valence-electron chi connectivity index (χ4n) is 3.18. The number of nitrogens with two attached hydrogens (primary N) is 1. The molecule has 0 radical (unpaired) electrons. The van der Waals surface area contributed by atoms with E-state index in [1.54, 1.807) is 17.0 Å². The molecular weight excluding hydrogens is 412 g/mol. The molecule has 0 unspecified atom stereocenters. The van der Waals surface area contributed by atoms with Gasteiger partial charge < -0.3 is 25.8 Å². The summed E-state index contributed by atoms with van der Waals surface area (Å²) in [5.41, 5.74) is 6.35. The first-order valence-electron chi connectivity index (χ1n) is 10.3. The van der Waals surface area contributed by atoms with Crippen LogP contribution in [0.3, 0.4) is 0 Å². The van der Waals surface area contributed by atoms with Gasteiger partial charge in [-0.2, -0.15) is 0 Å². The van der Waals surface area contributed by atoms with Crippen LogP contribution in [0, 0.1) is 5.41 Å². The lowest BCUT2D eigenvalue weighted by molar-refractivity contribution is -0.130. The van der Waals surface area contributed by atoms with Gasteiger partial charge in [0.05, 0.1) is 17.5 Å². The number of carbonyl (C=O) groups is 3. The fourth-order valence-corrected chi connectivity index (χ4v) is 3.18. The lowest BCUT2D eigenvalue weighted by atomic mass is 10.0. The van der Waals surface area contributed by atoms with E-state index in [1.807, 2.05) is 13.8 Å². The summed E-state index contributed by atoms with van der Waals surface area (Å²) in [6.45, 7) is 5.14. The summed E-state index contributed by atoms with van der Waals surface area (Å²) in [6, 6.07) is 10.3. The molecule has 0 aliphatic rings. The van der Waals surface area contributed by atoms with E-state index in [-0.39, 0.29) is 40.7 Å². The molecule has 5 N–H and O–H groups in total. The minimum absolute atomic E-state index is 0.00856. The average Bonchev–Trinajstić information content (AvgIpc) is 2.73. The molecule has 9 nitrogen and oxygen atoms in total. The number of carboxylic acids is 1. The second-order valence-corrected chi connectivity index (χ2v) is 7.19. The largest absolute Gasteiger partial charge is 0.478 e. The molecule has 0 fully saturated rings. The van der Waals surface area contributed by atoms with Crippen molar-refractivity contribution >= 4 is 29.5 Å². The molecule has 170 valence electrons. The van der Waals surface area contributed by atoms with Crippen LogP contribution in [0.4, 0.5) is 5.69 Å². The van der Waals surface area contributed by atoms with E-state index in [0.717, 1.165) is 12.8 Å². The summed E-state index contributed by atoms with van der Waals surface area (Å²) in [6.07, 6.45) is 1.50. The van der Waals surface area contributed by atoms with E-state index in [1.165, 1.54) is 30.3 Å². The molecule has 0 aliphatic carbocycles. The Balaban J connectivity index is 2.20. The van der Waals surface area contributed by atoms with E-state index < -0.39 is 11.9 Å². The summed E-state index contributed by atoms with van der Waals surface area (Å²) in [5.74, 6) is -2.05. The van der Waals surface area contributed by atoms with Gasteiger partial charge in [0.15, 0.2) is 5.96 Å². The Labute approximate surface area is 186 Å². The number of anilines is 1. The van der Waals surface area contributed by atoms with Crippen molar-refractivity contribution < 1.29 is 24.2 Å². The third kappa shape index (κ3) is 6.83. The normalized spacial score (nSPS) is 10.3. The van der Waals surface area contributed by atoms with Crippen molar-refractivity contribution in [3.63, 3.8) is 0 Å². The highest BCUT2D eigenvalue weighted by Crippen LogP contribution is 2.21. The zero-order chi connectivity index (χ0) is 23.7. The third-order valence-corrected chi connectivity index (χ3v) is 4.60. The smallest absolute Gasteiger partial charge is 0.343 e. The van der Waals surface area contributed by atoms with Crippen LogP contribution in [0.2, 0.25) is 0 Å². The number of carboxylic acid groups (broad SMARTS) is 1. The number of aromatic carboxylic acids is 1. The Morgan fingerprint density at radius 2 is 1.69 bits per heavy atom. The first-order valence-corrected chi connectivity index (χ1v) is 10.3. The van der Waals surface area contributed by atoms with Crippen molar-refractivity contribution in [1.29, 1.82) is 5.41 Å². The number of guanidine groups is 1. The quantitative estimate of drug-likeness (QED) is 0.192. The predicted octanol–water partition coefficient (Wildman–Crippen LogP) is 3.10. The van der Waals surface area contributed by atoms with Gasteiger partial charge in [0, 0.05) is 18.8 Å². The summed E-state index contributed by atoms with van der Waals surface area (Å²) in [4.78, 5) is 38.5. The molecule has 2 aromatic rings. The van der Waals surface area contributed by atoms with Crippen molar-refractivity contribution in [3.05, 3.63) is 59.2 Å². The SMILES string of the molecule is CCCN(CCC)C(=O)Cc1cc(OC(=O)c2ccc(NC(=N)N)cc2)ccc1C(=O)O. The molecule has 9 heteroatoms. The van der Waals surface area contributed by atoms with Gasteiger partial charge in [-0.25, -0.2) is 9.59 Å². The molecule has 2 aromatic carbocycles. The maximum Gasteiger partial charge on any atom is 0.343 e. The summed E-state index contributed by atoms with van der Waals surface area (Å²) in [7, 11) is 0. The zero-order valence-electron chi connectivity index (χ0n) is 18.2. The monoisotopic (exact) mass is 440 g/mol. The third-order valence-electron chi connectivity index (χ3n) is 4.60. The van der Waals surface area contributed by atoms with Gasteiger partial charge >= 0.3 is 11.9 Å². The van der Waals surface area contributed by atoms with Gasteiger partial charge in [-0.3, -0.25) is 10.2 Å². The molecule has 0 heterocycles. The van der Waals surface area contributed by atoms with Crippen molar-refractivity contribution in [2.75, 3.05) is 18.4 Å². The number of nitrogens with one attached hydrogen (secondary N) is 2. The number of ether oxygens (including phenoxy) is 1. The van der Waals surface area contributed by atoms with Crippen LogP contribution in [0.1, 0.15) is 53.0 Å². The highest BCUT2D eigenvalue weighted by Gasteiger charge is 2.19. The standard InChI is InChI=1S/C23H28N4O5/c1-3-11-27(12-4-2)20(28)14-16-13-18(9-10-19(16)21(29)30)32-22(31)15-5-7-17(8-6-15)26-23(24)25/h5-10,13H,3-4,11-12,14H2,1-2H3,(H,29,30)(H4,24,25,26). The van der Waals surface area contributed by atoms with Crippen LogP contribution >= 0.6 is 0 Å². The van der Waals surface area contributed by atoms with Crippen molar-refractivity contribution in [2.24, 2.45) is 5.73 Å². The number of hydrogen-bond donors (Lipinski definition) is 4. The summed E-state index contributed by atoms with van der Waals surface area (Å²) >= 11 is 0. The topological polar surface area (TPSA) is 146 Å². The Hall–Kier alpha value is -3.88. The predicted molar refractivity (Wildman–Crippen MR) is 121 cm³/mol. The highest BCUT2D eigenvalue weighted by atomic mass is 16.5. The van der Waals surface area contributed by atoms with Gasteiger partial charge in [0.2, 0.25) is 5.91 Å². The second-order valence-electron chi connectivity index (χ2n) is 7.19. The van der Waals surface area contributed by atoms with E-state index >= 15 is 0 Å². The van der Waals surface area contributed by atoms with Crippen molar-refractivity contribution in [2.45, 2.75) is 33.1 Å². The molecule has 0 aliphatic heterocycles. The van der Waals surface area contributed by atoms with Crippen LogP contribution in [0.5, 0.6) is 5.75 Å². The molecule has 0 bridgehead atoms. The summed E-state index contributed by atoms with van der Waals surface area (Å²) < 4.78 is 5.39. The van der Waals surface area contributed by atoms with E-state index in [0.29, 0.717) is 18.8 Å². The Morgan fingerprint density at radius 1 is 1.06 bits per heavy atom. The van der Waals surface area contributed by atoms with Crippen LogP contribution in [-0.4, -0.2) is 46.9 Å². The zero-order valence-corrected chi connectivity index (χ0v) is 18.2. The number of carbonyl (C=O) groups excluding carboxylic acids is 2. The molecule has 0 atom stereocenters. The number of amides is 1. The first-order chi connectivity index (χ1) is 15.2. The number of benzene rings is 2. The van der Waals surface area contributed by atoms with Crippen LogP contribution in [0.25, 0.3) is 0 Å². The lowest BCUT2D eigenvalue weighted by Gasteiger charge is -2.22. The minimum Gasteiger partial charge on any atom is -0.478 e. The molecular formula is C23H28N4O5. The van der Waals surface area contributed by atoms with Crippen LogP contribution < -0.4 is 15.8 Å². The van der Waals surface area contributed by atoms with Crippen molar-refractivity contribution in [1.82, 2.24) is 4.90 Å². The van der Waals surface area contributed by atoms with Gasteiger partial charge in [-0.15, -0.1) is 0 Å². The first kappa shape index (κ1) is 24.4. The molecule has 32 heavy (non-hydrogen) atoms. The number of rotatable bonds is 10. The van der Waals surface area contributed by atoms with E-state index in [9.17, 15) is 19.5 Å². The van der Waals surface area contributed by atoms with Gasteiger partial charge in [0.25, 0.3) is 0 Å². The van der Waals surface area contributed by atoms with Gasteiger partial charge in [-0.1, -0.05) is 13.8 Å². The summed E-state index contributed by atoms with van der Waals surface area (Å²) in [5, 5.41) is 19.3. The maximum absolute atomic E-state index is 12.7. The average molecular weight is 441 g/mol. The Morgan fingerprint density at radius 3 is 2.22 bits per heavy atom. The van der Waals surface area contributed by atoms with Crippen LogP contribution in [0.15, 0.2) is 42.5 Å². The van der Waals surface area contributed by atoms with Gasteiger partial charge in [-0.05, 0) is 60.9 Å². The van der Waals surface area contributed by atoms with E-state index in [4.69, 9.17) is 15.9 Å². The van der Waals surface area contributed by atoms with E-state index in [2.05, 4.69) is 5.32 Å². The molecule has 0 spiro atoms. The molecule has 0 saturated carbocycles. The Kier molecular flexibility index (Phi) is 8.76. The molecule has 0 aromatic heterocycles. The van der Waals surface area contributed by atoms with Crippen LogP contribution in [-0.2, 0) is 11.2 Å². The number of hydrogen-bond acceptors (Lipinski definition) is 5.